The van der Waals surface area contributed by atoms with Crippen molar-refractivity contribution >= 4 is 39.1 Å². The lowest BCUT2D eigenvalue weighted by molar-refractivity contribution is -0.456. The minimum Gasteiger partial charge on any atom is -1.00 e. The highest BCUT2D eigenvalue weighted by Gasteiger charge is 2.00. The molecule has 0 fully saturated rings. The Bertz CT molecular complexity index is 696. The maximum absolute atomic E-state index is 5.92. The molecule has 6 heteroatoms. The number of hydrogen-bond acceptors (Lipinski definition) is 2. The van der Waals surface area contributed by atoms with E-state index in [-0.39, 0.29) is 17.0 Å². The van der Waals surface area contributed by atoms with E-state index in [0.717, 1.165) is 22.2 Å². The second-order valence-electron chi connectivity index (χ2n) is 5.98. The van der Waals surface area contributed by atoms with Crippen LogP contribution in [0.2, 0.25) is 0 Å². The van der Waals surface area contributed by atoms with Crippen molar-refractivity contribution < 1.29 is 22.1 Å². The summed E-state index contributed by atoms with van der Waals surface area (Å²) in [6.07, 6.45) is 2.96. The maximum Gasteiger partial charge on any atom is 0.226 e. The van der Waals surface area contributed by atoms with E-state index >= 15 is 0 Å². The van der Waals surface area contributed by atoms with Crippen molar-refractivity contribution in [3.63, 3.8) is 0 Å². The number of amidine groups is 1. The van der Waals surface area contributed by atoms with Crippen molar-refractivity contribution in [2.24, 2.45) is 16.8 Å². The Morgan fingerprint density at radius 2 is 1.72 bits per heavy atom. The molecule has 2 aromatic carbocycles. The summed E-state index contributed by atoms with van der Waals surface area (Å²) in [7, 11) is 0. The molecule has 0 unspecified atom stereocenters. The van der Waals surface area contributed by atoms with Crippen molar-refractivity contribution in [3.05, 3.63) is 69.7 Å². The molecule has 0 saturated heterocycles. The summed E-state index contributed by atoms with van der Waals surface area (Å²) in [5.74, 6) is 1.47. The van der Waals surface area contributed by atoms with Crippen LogP contribution < -0.4 is 27.8 Å². The molecule has 0 atom stereocenters. The molecule has 134 valence electrons. The molecular formula is C19H23Br2N3S. The topological polar surface area (TPSA) is 52.3 Å². The van der Waals surface area contributed by atoms with Gasteiger partial charge in [-0.15, -0.1) is 5.10 Å². The van der Waals surface area contributed by atoms with Crippen LogP contribution in [0.15, 0.2) is 58.1 Å². The van der Waals surface area contributed by atoms with Gasteiger partial charge >= 0.3 is 0 Å². The number of benzene rings is 2. The van der Waals surface area contributed by atoms with Crippen molar-refractivity contribution in [2.45, 2.75) is 26.0 Å². The first-order valence-corrected chi connectivity index (χ1v) is 9.69. The van der Waals surface area contributed by atoms with Gasteiger partial charge in [0.05, 0.1) is 0 Å². The highest BCUT2D eigenvalue weighted by Crippen LogP contribution is 2.15. The van der Waals surface area contributed by atoms with Crippen molar-refractivity contribution in [2.75, 3.05) is 0 Å². The van der Waals surface area contributed by atoms with Crippen molar-refractivity contribution in [1.29, 1.82) is 0 Å². The molecule has 0 radical (unpaired) electrons. The zero-order valence-corrected chi connectivity index (χ0v) is 18.4. The minimum atomic E-state index is 0. The molecular weight excluding hydrogens is 462 g/mol. The Morgan fingerprint density at radius 1 is 1.12 bits per heavy atom. The van der Waals surface area contributed by atoms with Crippen LogP contribution >= 0.6 is 27.7 Å². The standard InChI is InChI=1S/C19H22BrN3S.BrH/c1-14(2)11-15-3-5-16(6-4-15)12-22-23-19(21)24-13-17-7-9-18(20)10-8-17;/h3-10,12,14H,11,13H2,1-2H3,(H2,21,23);1H/b22-12+;. The summed E-state index contributed by atoms with van der Waals surface area (Å²) in [4.78, 5) is 0. The van der Waals surface area contributed by atoms with Gasteiger partial charge in [-0.25, -0.2) is 0 Å². The van der Waals surface area contributed by atoms with Crippen LogP contribution in [0.5, 0.6) is 0 Å². The molecule has 0 spiro atoms. The molecule has 0 aliphatic heterocycles. The molecule has 3 nitrogen and oxygen atoms in total. The average Bonchev–Trinajstić information content (AvgIpc) is 2.55. The lowest BCUT2D eigenvalue weighted by Crippen LogP contribution is -3.00. The van der Waals surface area contributed by atoms with Gasteiger partial charge in [-0.1, -0.05) is 65.8 Å². The van der Waals surface area contributed by atoms with Gasteiger partial charge < -0.3 is 22.7 Å². The first-order chi connectivity index (χ1) is 11.5. The lowest BCUT2D eigenvalue weighted by Gasteiger charge is -2.03. The number of hydrogen-bond donors (Lipinski definition) is 2. The predicted molar refractivity (Wildman–Crippen MR) is 108 cm³/mol. The Morgan fingerprint density at radius 3 is 2.32 bits per heavy atom. The summed E-state index contributed by atoms with van der Waals surface area (Å²) in [5.41, 5.74) is 9.57. The molecule has 0 aliphatic carbocycles. The summed E-state index contributed by atoms with van der Waals surface area (Å²) in [5, 5.41) is 7.60. The number of nitrogens with zero attached hydrogens (tertiary/aromatic N) is 1. The third-order valence-corrected chi connectivity index (χ3v) is 4.72. The second kappa shape index (κ2) is 11.5. The van der Waals surface area contributed by atoms with E-state index in [1.165, 1.54) is 22.9 Å². The van der Waals surface area contributed by atoms with E-state index in [0.29, 0.717) is 11.1 Å². The number of nitrogens with two attached hydrogens (primary N) is 1. The Balaban J connectivity index is 0.00000312. The number of thioether (sulfide) groups is 1. The Labute approximate surface area is 173 Å². The summed E-state index contributed by atoms with van der Waals surface area (Å²) < 4.78 is 1.08. The molecule has 3 N–H and O–H groups in total. The highest BCUT2D eigenvalue weighted by molar-refractivity contribution is 9.10. The average molecular weight is 485 g/mol. The van der Waals surface area contributed by atoms with Gasteiger partial charge in [-0.05, 0) is 47.7 Å². The largest absolute Gasteiger partial charge is 1.00 e. The quantitative estimate of drug-likeness (QED) is 0.352. The second-order valence-corrected chi connectivity index (χ2v) is 7.89. The minimum absolute atomic E-state index is 0. The molecule has 0 heterocycles. The first kappa shape index (κ1) is 21.9. The molecule has 0 aliphatic rings. The number of nitrogens with one attached hydrogen (secondary N) is 1. The molecule has 0 bridgehead atoms. The van der Waals surface area contributed by atoms with E-state index in [1.807, 2.05) is 18.3 Å². The third kappa shape index (κ3) is 8.70. The van der Waals surface area contributed by atoms with Gasteiger partial charge in [-0.2, -0.15) is 0 Å². The summed E-state index contributed by atoms with van der Waals surface area (Å²) in [6, 6.07) is 16.7. The van der Waals surface area contributed by atoms with E-state index in [1.54, 1.807) is 0 Å². The molecule has 0 aromatic heterocycles. The number of halogens is 2. The smallest absolute Gasteiger partial charge is 0.226 e. The molecule has 2 rings (SSSR count). The van der Waals surface area contributed by atoms with E-state index < -0.39 is 0 Å². The Kier molecular flexibility index (Phi) is 10.1. The molecule has 0 amide bonds. The van der Waals surface area contributed by atoms with E-state index in [4.69, 9.17) is 5.73 Å². The molecule has 0 saturated carbocycles. The van der Waals surface area contributed by atoms with Crippen LogP contribution in [0.25, 0.3) is 0 Å². The fourth-order valence-corrected chi connectivity index (χ4v) is 3.05. The lowest BCUT2D eigenvalue weighted by atomic mass is 10.0. The van der Waals surface area contributed by atoms with Crippen molar-refractivity contribution in [1.82, 2.24) is 0 Å². The maximum atomic E-state index is 5.92. The third-order valence-electron chi connectivity index (χ3n) is 3.33. The van der Waals surface area contributed by atoms with Crippen LogP contribution in [-0.2, 0) is 12.2 Å². The van der Waals surface area contributed by atoms with Crippen LogP contribution in [-0.4, -0.2) is 11.4 Å². The number of rotatable bonds is 6. The van der Waals surface area contributed by atoms with E-state index in [2.05, 4.69) is 76.4 Å². The van der Waals surface area contributed by atoms with Gasteiger partial charge in [0.2, 0.25) is 11.4 Å². The normalized spacial score (nSPS) is 11.8. The zero-order chi connectivity index (χ0) is 17.4. The van der Waals surface area contributed by atoms with E-state index in [9.17, 15) is 0 Å². The fraction of sp³-hybridized carbons (Fsp3) is 0.263. The monoisotopic (exact) mass is 483 g/mol. The van der Waals surface area contributed by atoms with Gasteiger partial charge in [0.15, 0.2) is 0 Å². The van der Waals surface area contributed by atoms with Crippen LogP contribution in [0.1, 0.15) is 30.5 Å². The predicted octanol–water partition coefficient (Wildman–Crippen LogP) is 0.314. The first-order valence-electron chi connectivity index (χ1n) is 7.91. The van der Waals surface area contributed by atoms with Crippen molar-refractivity contribution in [3.8, 4) is 0 Å². The van der Waals surface area contributed by atoms with Crippen LogP contribution in [0.3, 0.4) is 0 Å². The van der Waals surface area contributed by atoms with Crippen LogP contribution in [0.4, 0.5) is 0 Å². The number of hydrazone groups is 1. The summed E-state index contributed by atoms with van der Waals surface area (Å²) in [6.45, 7) is 4.45. The Hall–Kier alpha value is -1.11. The fourth-order valence-electron chi connectivity index (χ4n) is 2.16. The highest BCUT2D eigenvalue weighted by atomic mass is 79.9. The summed E-state index contributed by atoms with van der Waals surface area (Å²) >= 11 is 4.94. The molecule has 25 heavy (non-hydrogen) atoms. The van der Waals surface area contributed by atoms with Crippen LogP contribution in [0, 0.1) is 5.92 Å². The van der Waals surface area contributed by atoms with Gasteiger partial charge in [0, 0.05) is 20.9 Å². The SMILES string of the molecule is CC(C)Cc1ccc(/C=[NH+]/N=C(\N)SCc2ccc(Br)cc2)cc1.[Br-]. The zero-order valence-electron chi connectivity index (χ0n) is 14.4. The van der Waals surface area contributed by atoms with Gasteiger partial charge in [0.25, 0.3) is 0 Å². The van der Waals surface area contributed by atoms with Gasteiger partial charge in [-0.3, -0.25) is 0 Å². The molecule has 2 aromatic rings. The van der Waals surface area contributed by atoms with Gasteiger partial charge in [0.1, 0.15) is 0 Å².